The number of aryl methyl sites for hydroxylation is 1. The van der Waals surface area contributed by atoms with Gasteiger partial charge in [0.1, 0.15) is 0 Å². The van der Waals surface area contributed by atoms with E-state index in [1.807, 2.05) is 11.8 Å². The molecule has 1 heterocycles. The number of hydrogen-bond donors (Lipinski definition) is 1. The van der Waals surface area contributed by atoms with Crippen LogP contribution in [0.4, 0.5) is 0 Å². The van der Waals surface area contributed by atoms with E-state index in [-0.39, 0.29) is 0 Å². The number of benzene rings is 1. The number of nitrogens with one attached hydrogen (secondary N) is 1. The molecule has 1 aliphatic rings. The molecule has 15 heavy (non-hydrogen) atoms. The van der Waals surface area contributed by atoms with E-state index in [1.165, 1.54) is 21.4 Å². The number of halogens is 1. The summed E-state index contributed by atoms with van der Waals surface area (Å²) in [6, 6.07) is 6.64. The van der Waals surface area contributed by atoms with Gasteiger partial charge in [-0.25, -0.2) is 0 Å². The lowest BCUT2D eigenvalue weighted by Gasteiger charge is -2.27. The normalized spacial score (nSPS) is 26.6. The predicted octanol–water partition coefficient (Wildman–Crippen LogP) is 3.73. The van der Waals surface area contributed by atoms with Crippen LogP contribution in [0.25, 0.3) is 0 Å². The van der Waals surface area contributed by atoms with E-state index in [0.717, 1.165) is 12.5 Å². The van der Waals surface area contributed by atoms with Gasteiger partial charge in [-0.1, -0.05) is 35.0 Å². The third kappa shape index (κ3) is 2.77. The average Bonchev–Trinajstić information content (AvgIpc) is 2.23. The van der Waals surface area contributed by atoms with Crippen molar-refractivity contribution in [3.05, 3.63) is 33.8 Å². The molecule has 0 aliphatic carbocycles. The van der Waals surface area contributed by atoms with Crippen LogP contribution in [0.5, 0.6) is 0 Å². The van der Waals surface area contributed by atoms with Crippen molar-refractivity contribution in [2.24, 2.45) is 5.92 Å². The number of rotatable bonds is 1. The molecular weight excluding hydrogens is 270 g/mol. The smallest absolute Gasteiger partial charge is 0.0789 e. The van der Waals surface area contributed by atoms with Gasteiger partial charge in [-0.2, -0.15) is 0 Å². The van der Waals surface area contributed by atoms with Crippen LogP contribution < -0.4 is 5.32 Å². The molecule has 1 aromatic carbocycles. The fraction of sp³-hybridized carbons (Fsp3) is 0.500. The van der Waals surface area contributed by atoms with Crippen LogP contribution in [0.3, 0.4) is 0 Å². The van der Waals surface area contributed by atoms with Crippen molar-refractivity contribution >= 4 is 27.7 Å². The van der Waals surface area contributed by atoms with Crippen LogP contribution in [-0.4, -0.2) is 12.3 Å². The minimum Gasteiger partial charge on any atom is -0.301 e. The van der Waals surface area contributed by atoms with Crippen LogP contribution in [0, 0.1) is 12.8 Å². The van der Waals surface area contributed by atoms with Crippen molar-refractivity contribution in [3.63, 3.8) is 0 Å². The maximum atomic E-state index is 3.59. The maximum Gasteiger partial charge on any atom is 0.0789 e. The first-order valence-electron chi connectivity index (χ1n) is 5.28. The first-order chi connectivity index (χ1) is 7.16. The molecule has 1 N–H and O–H groups in total. The van der Waals surface area contributed by atoms with Gasteiger partial charge in [-0.3, -0.25) is 0 Å². The van der Waals surface area contributed by atoms with Gasteiger partial charge in [0.25, 0.3) is 0 Å². The Balaban J connectivity index is 2.12. The highest BCUT2D eigenvalue weighted by Crippen LogP contribution is 2.33. The number of thioether (sulfide) groups is 1. The molecule has 0 amide bonds. The zero-order valence-electron chi connectivity index (χ0n) is 9.09. The molecule has 2 unspecified atom stereocenters. The number of hydrogen-bond acceptors (Lipinski definition) is 2. The second-order valence-electron chi connectivity index (χ2n) is 4.24. The Hall–Kier alpha value is 0.01000. The molecule has 0 bridgehead atoms. The van der Waals surface area contributed by atoms with Gasteiger partial charge >= 0.3 is 0 Å². The van der Waals surface area contributed by atoms with Crippen LogP contribution in [0.15, 0.2) is 22.7 Å². The minimum absolute atomic E-state index is 0.470. The Bertz CT molecular complexity index is 345. The summed E-state index contributed by atoms with van der Waals surface area (Å²) in [6.07, 6.45) is 0. The molecule has 82 valence electrons. The van der Waals surface area contributed by atoms with E-state index < -0.39 is 0 Å². The highest BCUT2D eigenvalue weighted by Gasteiger charge is 2.19. The average molecular weight is 286 g/mol. The SMILES string of the molecule is Cc1ccc(C2NCC(C)CS2)cc1Br. The molecule has 1 aliphatic heterocycles. The van der Waals surface area contributed by atoms with E-state index >= 15 is 0 Å². The largest absolute Gasteiger partial charge is 0.301 e. The lowest BCUT2D eigenvalue weighted by Crippen LogP contribution is -2.31. The van der Waals surface area contributed by atoms with Crippen molar-refractivity contribution < 1.29 is 0 Å². The molecule has 1 saturated heterocycles. The van der Waals surface area contributed by atoms with Crippen molar-refractivity contribution in [3.8, 4) is 0 Å². The molecule has 1 aromatic rings. The van der Waals surface area contributed by atoms with Crippen molar-refractivity contribution in [1.82, 2.24) is 5.32 Å². The summed E-state index contributed by atoms with van der Waals surface area (Å²) in [4.78, 5) is 0. The molecule has 2 rings (SSSR count). The second-order valence-corrected chi connectivity index (χ2v) is 6.23. The minimum atomic E-state index is 0.470. The summed E-state index contributed by atoms with van der Waals surface area (Å²) in [6.45, 7) is 5.54. The Morgan fingerprint density at radius 3 is 2.87 bits per heavy atom. The standard InChI is InChI=1S/C12H16BrNS/c1-8-6-14-12(15-7-8)10-4-3-9(2)11(13)5-10/h3-5,8,12,14H,6-7H2,1-2H3. The van der Waals surface area contributed by atoms with E-state index in [0.29, 0.717) is 5.37 Å². The van der Waals surface area contributed by atoms with Crippen LogP contribution in [-0.2, 0) is 0 Å². The topological polar surface area (TPSA) is 12.0 Å². The maximum absolute atomic E-state index is 3.59. The molecule has 1 nitrogen and oxygen atoms in total. The molecular formula is C12H16BrNS. The third-order valence-electron chi connectivity index (χ3n) is 2.70. The Labute approximate surface area is 104 Å². The highest BCUT2D eigenvalue weighted by molar-refractivity contribution is 9.10. The van der Waals surface area contributed by atoms with Crippen molar-refractivity contribution in [1.29, 1.82) is 0 Å². The van der Waals surface area contributed by atoms with Gasteiger partial charge < -0.3 is 5.32 Å². The highest BCUT2D eigenvalue weighted by atomic mass is 79.9. The van der Waals surface area contributed by atoms with Gasteiger partial charge in [0.15, 0.2) is 0 Å². The van der Waals surface area contributed by atoms with E-state index in [9.17, 15) is 0 Å². The van der Waals surface area contributed by atoms with Crippen LogP contribution in [0.2, 0.25) is 0 Å². The van der Waals surface area contributed by atoms with Crippen LogP contribution in [0.1, 0.15) is 23.4 Å². The van der Waals surface area contributed by atoms with Gasteiger partial charge in [-0.15, -0.1) is 11.8 Å². The first kappa shape index (κ1) is 11.5. The molecule has 1 fully saturated rings. The van der Waals surface area contributed by atoms with Crippen molar-refractivity contribution in [2.75, 3.05) is 12.3 Å². The molecule has 0 aromatic heterocycles. The Morgan fingerprint density at radius 2 is 2.27 bits per heavy atom. The lowest BCUT2D eigenvalue weighted by atomic mass is 10.1. The van der Waals surface area contributed by atoms with Crippen LogP contribution >= 0.6 is 27.7 Å². The summed E-state index contributed by atoms with van der Waals surface area (Å²) in [5.74, 6) is 2.04. The lowest BCUT2D eigenvalue weighted by molar-refractivity contribution is 0.529. The quantitative estimate of drug-likeness (QED) is 0.844. The van der Waals surface area contributed by atoms with E-state index in [4.69, 9.17) is 0 Å². The summed E-state index contributed by atoms with van der Waals surface area (Å²) in [5.41, 5.74) is 2.68. The fourth-order valence-electron chi connectivity index (χ4n) is 1.67. The Morgan fingerprint density at radius 1 is 1.47 bits per heavy atom. The van der Waals surface area contributed by atoms with Gasteiger partial charge in [0, 0.05) is 4.47 Å². The fourth-order valence-corrected chi connectivity index (χ4v) is 3.26. The van der Waals surface area contributed by atoms with Gasteiger partial charge in [0.05, 0.1) is 5.37 Å². The predicted molar refractivity (Wildman–Crippen MR) is 71.2 cm³/mol. The van der Waals surface area contributed by atoms with Gasteiger partial charge in [-0.05, 0) is 42.3 Å². The van der Waals surface area contributed by atoms with E-state index in [2.05, 4.69) is 53.3 Å². The van der Waals surface area contributed by atoms with E-state index in [1.54, 1.807) is 0 Å². The summed E-state index contributed by atoms with van der Waals surface area (Å²) < 4.78 is 1.21. The summed E-state index contributed by atoms with van der Waals surface area (Å²) in [5, 5.41) is 4.04. The summed E-state index contributed by atoms with van der Waals surface area (Å²) >= 11 is 5.59. The first-order valence-corrected chi connectivity index (χ1v) is 7.12. The Kier molecular flexibility index (Phi) is 3.75. The zero-order chi connectivity index (χ0) is 10.8. The molecule has 0 radical (unpaired) electrons. The zero-order valence-corrected chi connectivity index (χ0v) is 11.5. The molecule has 0 spiro atoms. The molecule has 3 heteroatoms. The van der Waals surface area contributed by atoms with Crippen molar-refractivity contribution in [2.45, 2.75) is 19.2 Å². The third-order valence-corrected chi connectivity index (χ3v) is 5.09. The van der Waals surface area contributed by atoms with Gasteiger partial charge in [0.2, 0.25) is 0 Å². The monoisotopic (exact) mass is 285 g/mol. The molecule has 2 atom stereocenters. The summed E-state index contributed by atoms with van der Waals surface area (Å²) in [7, 11) is 0. The molecule has 0 saturated carbocycles. The second kappa shape index (κ2) is 4.89.